The summed E-state index contributed by atoms with van der Waals surface area (Å²) in [5.74, 6) is 0.266. The highest BCUT2D eigenvalue weighted by atomic mass is 16.5. The Balaban J connectivity index is 1.91. The number of nitrogens with zero attached hydrogens (tertiary/aromatic N) is 1. The Morgan fingerprint density at radius 2 is 2.20 bits per heavy atom. The number of hydrogen-bond acceptors (Lipinski definition) is 4. The molecule has 0 radical (unpaired) electrons. The van der Waals surface area contributed by atoms with E-state index in [4.69, 9.17) is 10.5 Å². The molecule has 6 nitrogen and oxygen atoms in total. The zero-order valence-electron chi connectivity index (χ0n) is 11.7. The number of nitrogens with one attached hydrogen (secondary N) is 1. The topological polar surface area (TPSA) is 86.4 Å². The van der Waals surface area contributed by atoms with Crippen LogP contribution in [0.2, 0.25) is 0 Å². The molecule has 1 aromatic rings. The van der Waals surface area contributed by atoms with Crippen molar-refractivity contribution in [2.75, 3.05) is 18.9 Å². The number of nitrogens with two attached hydrogens (primary N) is 1. The van der Waals surface area contributed by atoms with Gasteiger partial charge >= 0.3 is 0 Å². The Kier molecular flexibility index (Phi) is 4.79. The van der Waals surface area contributed by atoms with Gasteiger partial charge in [0, 0.05) is 37.2 Å². The summed E-state index contributed by atoms with van der Waals surface area (Å²) in [5.41, 5.74) is 5.85. The van der Waals surface area contributed by atoms with Crippen molar-refractivity contribution in [1.82, 2.24) is 9.88 Å². The highest BCUT2D eigenvalue weighted by molar-refractivity contribution is 5.76. The van der Waals surface area contributed by atoms with E-state index in [0.717, 1.165) is 26.1 Å². The van der Waals surface area contributed by atoms with E-state index in [1.807, 2.05) is 6.92 Å². The van der Waals surface area contributed by atoms with Crippen molar-refractivity contribution in [3.63, 3.8) is 0 Å². The number of nitrogen functional groups attached to an aromatic ring is 1. The fourth-order valence-electron chi connectivity index (χ4n) is 2.46. The standard InChI is InChI=1S/C14H21N3O3/c1-10(11-4-6-20-7-5-11)16-13(18)9-17-8-12(15)2-3-14(17)19/h2-3,8,10-11H,4-7,9,15H2,1H3,(H,16,18). The summed E-state index contributed by atoms with van der Waals surface area (Å²) >= 11 is 0. The summed E-state index contributed by atoms with van der Waals surface area (Å²) in [6.45, 7) is 3.49. The number of aromatic nitrogens is 1. The van der Waals surface area contributed by atoms with Crippen LogP contribution >= 0.6 is 0 Å². The van der Waals surface area contributed by atoms with Crippen LogP contribution in [-0.4, -0.2) is 29.7 Å². The van der Waals surface area contributed by atoms with Gasteiger partial charge in [0.25, 0.3) is 5.56 Å². The van der Waals surface area contributed by atoms with E-state index in [1.54, 1.807) is 0 Å². The van der Waals surface area contributed by atoms with E-state index < -0.39 is 0 Å². The minimum Gasteiger partial charge on any atom is -0.398 e. The SMILES string of the molecule is CC(NC(=O)Cn1cc(N)ccc1=O)C1CCOCC1. The van der Waals surface area contributed by atoms with Gasteiger partial charge in [0.2, 0.25) is 5.91 Å². The minimum absolute atomic E-state index is 0.00255. The van der Waals surface area contributed by atoms with Crippen LogP contribution in [0.25, 0.3) is 0 Å². The first-order chi connectivity index (χ1) is 9.56. The normalized spacial score (nSPS) is 17.6. The van der Waals surface area contributed by atoms with Crippen molar-refractivity contribution >= 4 is 11.6 Å². The van der Waals surface area contributed by atoms with E-state index in [1.165, 1.54) is 22.9 Å². The molecule has 110 valence electrons. The summed E-state index contributed by atoms with van der Waals surface area (Å²) in [6.07, 6.45) is 3.40. The molecule has 0 bridgehead atoms. The van der Waals surface area contributed by atoms with E-state index in [-0.39, 0.29) is 24.1 Å². The van der Waals surface area contributed by atoms with Crippen molar-refractivity contribution in [1.29, 1.82) is 0 Å². The summed E-state index contributed by atoms with van der Waals surface area (Å²) < 4.78 is 6.63. The molecular formula is C14H21N3O3. The average Bonchev–Trinajstić information content (AvgIpc) is 2.43. The van der Waals surface area contributed by atoms with Gasteiger partial charge in [0.05, 0.1) is 0 Å². The predicted octanol–water partition coefficient (Wildman–Crippen LogP) is 0.362. The van der Waals surface area contributed by atoms with Gasteiger partial charge in [-0.2, -0.15) is 0 Å². The van der Waals surface area contributed by atoms with E-state index in [2.05, 4.69) is 5.32 Å². The Bertz CT molecular complexity index is 521. The van der Waals surface area contributed by atoms with Crippen LogP contribution in [-0.2, 0) is 16.1 Å². The number of pyridine rings is 1. The lowest BCUT2D eigenvalue weighted by atomic mass is 9.93. The lowest BCUT2D eigenvalue weighted by Crippen LogP contribution is -2.42. The number of amides is 1. The van der Waals surface area contributed by atoms with Gasteiger partial charge in [-0.1, -0.05) is 0 Å². The molecule has 0 aromatic carbocycles. The van der Waals surface area contributed by atoms with Crippen molar-refractivity contribution in [2.24, 2.45) is 5.92 Å². The molecule has 1 aliphatic heterocycles. The fraction of sp³-hybridized carbons (Fsp3) is 0.571. The summed E-state index contributed by atoms with van der Waals surface area (Å²) in [7, 11) is 0. The van der Waals surface area contributed by atoms with Gasteiger partial charge < -0.3 is 20.4 Å². The molecule has 1 aromatic heterocycles. The quantitative estimate of drug-likeness (QED) is 0.833. The Morgan fingerprint density at radius 1 is 1.50 bits per heavy atom. The number of rotatable bonds is 4. The smallest absolute Gasteiger partial charge is 0.251 e. The lowest BCUT2D eigenvalue weighted by molar-refractivity contribution is -0.122. The van der Waals surface area contributed by atoms with Crippen LogP contribution < -0.4 is 16.6 Å². The van der Waals surface area contributed by atoms with Crippen LogP contribution in [0.5, 0.6) is 0 Å². The Labute approximate surface area is 117 Å². The molecule has 2 heterocycles. The predicted molar refractivity (Wildman–Crippen MR) is 76.3 cm³/mol. The monoisotopic (exact) mass is 279 g/mol. The summed E-state index contributed by atoms with van der Waals surface area (Å²) in [6, 6.07) is 2.98. The largest absolute Gasteiger partial charge is 0.398 e. The van der Waals surface area contributed by atoms with Crippen LogP contribution in [0.1, 0.15) is 19.8 Å². The summed E-state index contributed by atoms with van der Waals surface area (Å²) in [4.78, 5) is 23.6. The maximum atomic E-state index is 12.0. The third-order valence-electron chi connectivity index (χ3n) is 3.68. The van der Waals surface area contributed by atoms with Gasteiger partial charge in [-0.3, -0.25) is 9.59 Å². The molecule has 3 N–H and O–H groups in total. The van der Waals surface area contributed by atoms with Gasteiger partial charge in [0.15, 0.2) is 0 Å². The highest BCUT2D eigenvalue weighted by Crippen LogP contribution is 2.18. The molecule has 0 aliphatic carbocycles. The molecule has 1 saturated heterocycles. The van der Waals surface area contributed by atoms with Crippen LogP contribution in [0.4, 0.5) is 5.69 Å². The zero-order chi connectivity index (χ0) is 14.5. The van der Waals surface area contributed by atoms with Gasteiger partial charge in [-0.15, -0.1) is 0 Å². The van der Waals surface area contributed by atoms with Crippen LogP contribution in [0.15, 0.2) is 23.1 Å². The van der Waals surface area contributed by atoms with Crippen molar-refractivity contribution in [3.05, 3.63) is 28.7 Å². The van der Waals surface area contributed by atoms with Crippen LogP contribution in [0, 0.1) is 5.92 Å². The van der Waals surface area contributed by atoms with E-state index >= 15 is 0 Å². The second kappa shape index (κ2) is 6.56. The highest BCUT2D eigenvalue weighted by Gasteiger charge is 2.21. The molecule has 1 atom stereocenters. The number of hydrogen-bond donors (Lipinski definition) is 2. The van der Waals surface area contributed by atoms with Gasteiger partial charge in [-0.05, 0) is 31.7 Å². The lowest BCUT2D eigenvalue weighted by Gasteiger charge is -2.28. The molecule has 2 rings (SSSR count). The molecular weight excluding hydrogens is 258 g/mol. The third-order valence-corrected chi connectivity index (χ3v) is 3.68. The van der Waals surface area contributed by atoms with Crippen molar-refractivity contribution < 1.29 is 9.53 Å². The third kappa shape index (κ3) is 3.84. The van der Waals surface area contributed by atoms with E-state index in [0.29, 0.717) is 11.6 Å². The molecule has 0 saturated carbocycles. The Hall–Kier alpha value is -1.82. The van der Waals surface area contributed by atoms with E-state index in [9.17, 15) is 9.59 Å². The first-order valence-corrected chi connectivity index (χ1v) is 6.89. The number of anilines is 1. The van der Waals surface area contributed by atoms with Gasteiger partial charge in [-0.25, -0.2) is 0 Å². The summed E-state index contributed by atoms with van der Waals surface area (Å²) in [5, 5.41) is 2.95. The van der Waals surface area contributed by atoms with Gasteiger partial charge in [0.1, 0.15) is 6.54 Å². The Morgan fingerprint density at radius 3 is 2.90 bits per heavy atom. The molecule has 20 heavy (non-hydrogen) atoms. The molecule has 1 amide bonds. The molecule has 1 unspecified atom stereocenters. The van der Waals surface area contributed by atoms with Crippen LogP contribution in [0.3, 0.4) is 0 Å². The number of carbonyl (C=O) groups excluding carboxylic acids is 1. The first kappa shape index (κ1) is 14.6. The average molecular weight is 279 g/mol. The molecule has 6 heteroatoms. The molecule has 0 spiro atoms. The maximum absolute atomic E-state index is 12.0. The fourth-order valence-corrected chi connectivity index (χ4v) is 2.46. The maximum Gasteiger partial charge on any atom is 0.251 e. The molecule has 1 aliphatic rings. The second-order valence-electron chi connectivity index (χ2n) is 5.23. The van der Waals surface area contributed by atoms with Crippen molar-refractivity contribution in [2.45, 2.75) is 32.4 Å². The second-order valence-corrected chi connectivity index (χ2v) is 5.23. The minimum atomic E-state index is -0.229. The first-order valence-electron chi connectivity index (χ1n) is 6.89. The molecule has 1 fully saturated rings. The number of ether oxygens (including phenoxy) is 1. The number of carbonyl (C=O) groups is 1. The van der Waals surface area contributed by atoms with Crippen molar-refractivity contribution in [3.8, 4) is 0 Å². The zero-order valence-corrected chi connectivity index (χ0v) is 11.7.